The highest BCUT2D eigenvalue weighted by atomic mass is 127. The van der Waals surface area contributed by atoms with E-state index < -0.39 is 5.91 Å². The van der Waals surface area contributed by atoms with Crippen LogP contribution >= 0.6 is 67.8 Å². The first-order valence-corrected chi connectivity index (χ1v) is 12.2. The van der Waals surface area contributed by atoms with E-state index in [1.807, 2.05) is 42.5 Å². The van der Waals surface area contributed by atoms with Crippen molar-refractivity contribution in [1.29, 1.82) is 5.26 Å². The topological polar surface area (TPSA) is 82.3 Å². The van der Waals surface area contributed by atoms with E-state index in [0.717, 1.165) is 24.0 Å². The molecule has 31 heavy (non-hydrogen) atoms. The predicted octanol–water partition coefficient (Wildman–Crippen LogP) is 6.33. The van der Waals surface area contributed by atoms with Gasteiger partial charge < -0.3 is 15.2 Å². The number of hydrogen-bond acceptors (Lipinski definition) is 4. The van der Waals surface area contributed by atoms with E-state index in [1.165, 1.54) is 15.7 Å². The van der Waals surface area contributed by atoms with E-state index in [1.54, 1.807) is 18.2 Å². The van der Waals surface area contributed by atoms with Gasteiger partial charge in [0.2, 0.25) is 0 Å². The molecule has 0 fully saturated rings. The number of nitriles is 1. The fourth-order valence-electron chi connectivity index (χ4n) is 2.60. The first-order chi connectivity index (χ1) is 14.9. The molecule has 3 rings (SSSR count). The lowest BCUT2D eigenvalue weighted by atomic mass is 10.1. The van der Waals surface area contributed by atoms with Crippen LogP contribution in [-0.4, -0.2) is 11.0 Å². The van der Waals surface area contributed by atoms with Crippen LogP contribution in [0.4, 0.5) is 5.69 Å². The summed E-state index contributed by atoms with van der Waals surface area (Å²) in [6.45, 7) is 0.455. The summed E-state index contributed by atoms with van der Waals surface area (Å²) >= 11 is 6.65. The smallest absolute Gasteiger partial charge is 0.266 e. The molecule has 0 aliphatic rings. The van der Waals surface area contributed by atoms with Gasteiger partial charge in [-0.2, -0.15) is 5.26 Å². The molecule has 2 N–H and O–H groups in total. The first kappa shape index (κ1) is 23.8. The molecule has 0 saturated carbocycles. The molecule has 0 aliphatic carbocycles. The van der Waals surface area contributed by atoms with Crippen molar-refractivity contribution in [2.75, 3.05) is 5.32 Å². The van der Waals surface area contributed by atoms with Crippen LogP contribution in [-0.2, 0) is 11.4 Å². The Kier molecular flexibility index (Phi) is 8.56. The summed E-state index contributed by atoms with van der Waals surface area (Å²) in [5.41, 5.74) is 2.28. The Labute approximate surface area is 220 Å². The molecule has 3 aromatic rings. The zero-order valence-electron chi connectivity index (χ0n) is 15.9. The molecule has 0 aromatic heterocycles. The van der Waals surface area contributed by atoms with Gasteiger partial charge in [0, 0.05) is 9.26 Å². The van der Waals surface area contributed by atoms with Crippen molar-refractivity contribution >= 4 is 85.4 Å². The van der Waals surface area contributed by atoms with Crippen molar-refractivity contribution in [2.24, 2.45) is 0 Å². The predicted molar refractivity (Wildman–Crippen MR) is 146 cm³/mol. The molecule has 0 heterocycles. The Morgan fingerprint density at radius 3 is 2.23 bits per heavy atom. The molecular weight excluding hydrogens is 733 g/mol. The Balaban J connectivity index is 1.76. The number of anilines is 1. The third-order valence-electron chi connectivity index (χ3n) is 4.12. The molecule has 0 atom stereocenters. The van der Waals surface area contributed by atoms with Crippen LogP contribution in [0.25, 0.3) is 6.08 Å². The second kappa shape index (κ2) is 11.1. The third-order valence-corrected chi connectivity index (χ3v) is 6.44. The number of rotatable bonds is 6. The minimum atomic E-state index is -0.516. The number of benzene rings is 3. The van der Waals surface area contributed by atoms with Crippen LogP contribution in [0.1, 0.15) is 11.1 Å². The van der Waals surface area contributed by atoms with Crippen LogP contribution in [0, 0.1) is 22.0 Å². The molecule has 8 heteroatoms. The number of hydrogen-bond donors (Lipinski definition) is 2. The number of ether oxygens (including phenoxy) is 1. The van der Waals surface area contributed by atoms with E-state index in [-0.39, 0.29) is 11.3 Å². The number of halogens is 3. The van der Waals surface area contributed by atoms with Crippen LogP contribution < -0.4 is 10.1 Å². The molecule has 1 amide bonds. The molecule has 0 bridgehead atoms. The lowest BCUT2D eigenvalue weighted by molar-refractivity contribution is -0.112. The molecule has 0 unspecified atom stereocenters. The van der Waals surface area contributed by atoms with E-state index in [4.69, 9.17) is 4.74 Å². The summed E-state index contributed by atoms with van der Waals surface area (Å²) in [5.74, 6) is 0.351. The summed E-state index contributed by atoms with van der Waals surface area (Å²) in [6, 6.07) is 19.9. The SMILES string of the molecule is N#C/C(=C\c1cc(I)c(OCc2ccc(I)cc2)c(I)c1)C(=O)Nc1ccc(O)cc1. The monoisotopic (exact) mass is 748 g/mol. The standard InChI is InChI=1S/C23H15I3N2O3/c24-17-3-1-14(2-4-17)13-31-22-20(25)10-15(11-21(22)26)9-16(12-27)23(30)28-18-5-7-19(29)8-6-18/h1-11,29H,13H2,(H,28,30)/b16-9+. The molecule has 5 nitrogen and oxygen atoms in total. The minimum Gasteiger partial charge on any atom is -0.508 e. The van der Waals surface area contributed by atoms with Crippen LogP contribution in [0.2, 0.25) is 0 Å². The first-order valence-electron chi connectivity index (χ1n) is 8.94. The number of nitrogens with one attached hydrogen (secondary N) is 1. The molecule has 0 aliphatic heterocycles. The van der Waals surface area contributed by atoms with Gasteiger partial charge in [0.25, 0.3) is 5.91 Å². The highest BCUT2D eigenvalue weighted by Gasteiger charge is 2.13. The molecule has 0 saturated heterocycles. The minimum absolute atomic E-state index is 0.0211. The molecule has 0 radical (unpaired) electrons. The largest absolute Gasteiger partial charge is 0.508 e. The summed E-state index contributed by atoms with van der Waals surface area (Å²) < 4.78 is 8.96. The normalized spacial score (nSPS) is 11.0. The second-order valence-corrected chi connectivity index (χ2v) is 9.97. The summed E-state index contributed by atoms with van der Waals surface area (Å²) in [7, 11) is 0. The second-order valence-electron chi connectivity index (χ2n) is 6.40. The molecule has 0 spiro atoms. The Morgan fingerprint density at radius 2 is 1.65 bits per heavy atom. The van der Waals surface area contributed by atoms with Crippen molar-refractivity contribution in [3.8, 4) is 17.6 Å². The Hall–Kier alpha value is -1.85. The average molecular weight is 748 g/mol. The average Bonchev–Trinajstić information content (AvgIpc) is 2.74. The maximum absolute atomic E-state index is 12.5. The van der Waals surface area contributed by atoms with Gasteiger partial charge in [-0.3, -0.25) is 4.79 Å². The Bertz CT molecular complexity index is 1150. The third kappa shape index (κ3) is 6.81. The maximum Gasteiger partial charge on any atom is 0.266 e. The number of carbonyl (C=O) groups is 1. The quantitative estimate of drug-likeness (QED) is 0.134. The Morgan fingerprint density at radius 1 is 1.03 bits per heavy atom. The highest BCUT2D eigenvalue weighted by molar-refractivity contribution is 14.1. The fraction of sp³-hybridized carbons (Fsp3) is 0.0435. The fourth-order valence-corrected chi connectivity index (χ4v) is 5.08. The van der Waals surface area contributed by atoms with E-state index in [0.29, 0.717) is 12.3 Å². The van der Waals surface area contributed by atoms with E-state index in [9.17, 15) is 15.2 Å². The van der Waals surface area contributed by atoms with E-state index >= 15 is 0 Å². The molecule has 3 aromatic carbocycles. The number of aromatic hydroxyl groups is 1. The number of carbonyl (C=O) groups excluding carboxylic acids is 1. The van der Waals surface area contributed by atoms with Crippen molar-refractivity contribution in [1.82, 2.24) is 0 Å². The van der Waals surface area contributed by atoms with Gasteiger partial charge in [0.1, 0.15) is 29.7 Å². The van der Waals surface area contributed by atoms with Gasteiger partial charge in [0.15, 0.2) is 0 Å². The highest BCUT2D eigenvalue weighted by Crippen LogP contribution is 2.30. The van der Waals surface area contributed by atoms with Gasteiger partial charge >= 0.3 is 0 Å². The van der Waals surface area contributed by atoms with Gasteiger partial charge in [-0.25, -0.2) is 0 Å². The van der Waals surface area contributed by atoms with Gasteiger partial charge in [0.05, 0.1) is 7.14 Å². The van der Waals surface area contributed by atoms with Crippen molar-refractivity contribution < 1.29 is 14.6 Å². The number of phenolic OH excluding ortho intramolecular Hbond substituents is 1. The van der Waals surface area contributed by atoms with E-state index in [2.05, 4.69) is 73.1 Å². The van der Waals surface area contributed by atoms with Gasteiger partial charge in [-0.15, -0.1) is 0 Å². The summed E-state index contributed by atoms with van der Waals surface area (Å²) in [4.78, 5) is 12.5. The zero-order chi connectivity index (χ0) is 22.4. The van der Waals surface area contributed by atoms with Crippen LogP contribution in [0.15, 0.2) is 66.2 Å². The van der Waals surface area contributed by atoms with Gasteiger partial charge in [-0.1, -0.05) is 12.1 Å². The zero-order valence-corrected chi connectivity index (χ0v) is 22.4. The van der Waals surface area contributed by atoms with Crippen molar-refractivity contribution in [3.05, 3.63) is 88.1 Å². The lowest BCUT2D eigenvalue weighted by Crippen LogP contribution is -2.13. The number of phenols is 1. The van der Waals surface area contributed by atoms with Crippen LogP contribution in [0.5, 0.6) is 11.5 Å². The van der Waals surface area contributed by atoms with Gasteiger partial charge in [-0.05, 0) is 134 Å². The van der Waals surface area contributed by atoms with Crippen molar-refractivity contribution in [2.45, 2.75) is 6.61 Å². The maximum atomic E-state index is 12.5. The van der Waals surface area contributed by atoms with Crippen LogP contribution in [0.3, 0.4) is 0 Å². The lowest BCUT2D eigenvalue weighted by Gasteiger charge is -2.12. The molecular formula is C23H15I3N2O3. The summed E-state index contributed by atoms with van der Waals surface area (Å²) in [5, 5.41) is 21.4. The molecule has 156 valence electrons. The van der Waals surface area contributed by atoms with Crippen molar-refractivity contribution in [3.63, 3.8) is 0 Å². The number of amides is 1. The summed E-state index contributed by atoms with van der Waals surface area (Å²) in [6.07, 6.45) is 1.54. The number of nitrogens with zero attached hydrogens (tertiary/aromatic N) is 1.